The number of allylic oxidation sites excluding steroid dienone is 1. The van der Waals surface area contributed by atoms with Crippen molar-refractivity contribution in [2.75, 3.05) is 33.2 Å². The maximum atomic E-state index is 13.0. The summed E-state index contributed by atoms with van der Waals surface area (Å²) in [6.07, 6.45) is 13.9. The SMILES string of the molecule is CNCCN(CCC1CCCN1)C(=O)O/N=C(\C)[C@H]1CC[C@H]2[C@@H]3CCC4=CC(=O)CC[C@]4(C)[C@H]3CC[C@]12C. The molecular weight excluding hydrogens is 476 g/mol. The van der Waals surface area contributed by atoms with Crippen molar-refractivity contribution in [3.63, 3.8) is 0 Å². The largest absolute Gasteiger partial charge is 0.436 e. The molecule has 4 fully saturated rings. The van der Waals surface area contributed by atoms with Gasteiger partial charge in [0.15, 0.2) is 5.78 Å². The zero-order valence-corrected chi connectivity index (χ0v) is 24.2. The van der Waals surface area contributed by atoms with Crippen molar-refractivity contribution in [2.45, 2.75) is 97.4 Å². The fourth-order valence-electron chi connectivity index (χ4n) is 9.33. The maximum absolute atomic E-state index is 13.0. The number of rotatable bonds is 8. The Morgan fingerprint density at radius 2 is 1.97 bits per heavy atom. The van der Waals surface area contributed by atoms with Crippen LogP contribution in [0.5, 0.6) is 0 Å². The van der Waals surface area contributed by atoms with E-state index in [0.717, 1.165) is 50.4 Å². The second kappa shape index (κ2) is 11.4. The van der Waals surface area contributed by atoms with Crippen molar-refractivity contribution in [1.29, 1.82) is 0 Å². The Morgan fingerprint density at radius 1 is 1.13 bits per heavy atom. The van der Waals surface area contributed by atoms with Gasteiger partial charge in [-0.3, -0.25) is 9.63 Å². The van der Waals surface area contributed by atoms with Gasteiger partial charge in [-0.2, -0.15) is 0 Å². The molecule has 7 nitrogen and oxygen atoms in total. The first-order chi connectivity index (χ1) is 18.3. The highest BCUT2D eigenvalue weighted by Gasteiger charge is 2.59. The van der Waals surface area contributed by atoms with Crippen LogP contribution in [0.1, 0.15) is 91.4 Å². The lowest BCUT2D eigenvalue weighted by Gasteiger charge is -2.58. The van der Waals surface area contributed by atoms with Gasteiger partial charge in [-0.05, 0) is 119 Å². The van der Waals surface area contributed by atoms with Crippen LogP contribution in [0.2, 0.25) is 0 Å². The van der Waals surface area contributed by atoms with Crippen LogP contribution in [0.4, 0.5) is 4.79 Å². The van der Waals surface area contributed by atoms with Crippen molar-refractivity contribution in [3.05, 3.63) is 11.6 Å². The number of nitrogens with zero attached hydrogens (tertiary/aromatic N) is 2. The molecule has 2 N–H and O–H groups in total. The number of fused-ring (bicyclic) bond motifs is 5. The molecule has 0 radical (unpaired) electrons. The van der Waals surface area contributed by atoms with Crippen molar-refractivity contribution < 1.29 is 14.4 Å². The minimum absolute atomic E-state index is 0.208. The molecule has 1 saturated heterocycles. The lowest BCUT2D eigenvalue weighted by atomic mass is 9.46. The number of nitrogens with one attached hydrogen (secondary N) is 2. The molecule has 0 spiro atoms. The number of carbonyl (C=O) groups is 2. The van der Waals surface area contributed by atoms with Gasteiger partial charge in [-0.15, -0.1) is 0 Å². The normalized spacial score (nSPS) is 38.7. The van der Waals surface area contributed by atoms with Gasteiger partial charge in [0.05, 0.1) is 5.71 Å². The molecule has 1 aliphatic heterocycles. The van der Waals surface area contributed by atoms with E-state index in [4.69, 9.17) is 4.84 Å². The molecule has 1 heterocycles. The average molecular weight is 527 g/mol. The third kappa shape index (κ3) is 5.22. The summed E-state index contributed by atoms with van der Waals surface area (Å²) in [5, 5.41) is 11.2. The monoisotopic (exact) mass is 526 g/mol. The summed E-state index contributed by atoms with van der Waals surface area (Å²) in [6.45, 7) is 10.2. The summed E-state index contributed by atoms with van der Waals surface area (Å²) in [5.41, 5.74) is 2.84. The molecule has 5 rings (SSSR count). The smallest absolute Gasteiger partial charge is 0.318 e. The van der Waals surface area contributed by atoms with Gasteiger partial charge >= 0.3 is 6.09 Å². The molecule has 7 atom stereocenters. The van der Waals surface area contributed by atoms with E-state index < -0.39 is 0 Å². The first kappa shape index (κ1) is 27.8. The van der Waals surface area contributed by atoms with E-state index in [9.17, 15) is 9.59 Å². The molecule has 1 unspecified atom stereocenters. The molecular formula is C31H50N4O3. The van der Waals surface area contributed by atoms with Crippen LogP contribution >= 0.6 is 0 Å². The van der Waals surface area contributed by atoms with Crippen LogP contribution in [-0.2, 0) is 9.63 Å². The third-order valence-corrected chi connectivity index (χ3v) is 11.5. The number of ketones is 1. The second-order valence-electron chi connectivity index (χ2n) is 13.4. The highest BCUT2D eigenvalue weighted by atomic mass is 16.7. The highest BCUT2D eigenvalue weighted by molar-refractivity contribution is 5.91. The third-order valence-electron chi connectivity index (χ3n) is 11.5. The Hall–Kier alpha value is -1.73. The highest BCUT2D eigenvalue weighted by Crippen LogP contribution is 2.66. The Labute approximate surface area is 229 Å². The second-order valence-corrected chi connectivity index (χ2v) is 13.4. The summed E-state index contributed by atoms with van der Waals surface area (Å²) in [5.74, 6) is 2.81. The Bertz CT molecular complexity index is 957. The fourth-order valence-corrected chi connectivity index (χ4v) is 9.33. The van der Waals surface area contributed by atoms with Crippen molar-refractivity contribution in [3.8, 4) is 0 Å². The molecule has 7 heteroatoms. The minimum atomic E-state index is -0.327. The van der Waals surface area contributed by atoms with Crippen LogP contribution in [0.25, 0.3) is 0 Å². The molecule has 3 saturated carbocycles. The van der Waals surface area contributed by atoms with E-state index in [-0.39, 0.29) is 16.9 Å². The lowest BCUT2D eigenvalue weighted by molar-refractivity contribution is -0.117. The van der Waals surface area contributed by atoms with Gasteiger partial charge in [0.1, 0.15) is 0 Å². The number of hydrogen-bond acceptors (Lipinski definition) is 6. The summed E-state index contributed by atoms with van der Waals surface area (Å²) in [7, 11) is 1.91. The van der Waals surface area contributed by atoms with E-state index in [1.165, 1.54) is 44.1 Å². The van der Waals surface area contributed by atoms with Gasteiger partial charge < -0.3 is 15.5 Å². The van der Waals surface area contributed by atoms with E-state index in [1.807, 2.05) is 13.1 Å². The summed E-state index contributed by atoms with van der Waals surface area (Å²) < 4.78 is 0. The number of oxime groups is 1. The molecule has 0 aromatic rings. The number of amides is 1. The van der Waals surface area contributed by atoms with Gasteiger partial charge in [0, 0.05) is 38.0 Å². The van der Waals surface area contributed by atoms with Crippen molar-refractivity contribution in [2.24, 2.45) is 39.7 Å². The van der Waals surface area contributed by atoms with Gasteiger partial charge in [0.25, 0.3) is 0 Å². The first-order valence-electron chi connectivity index (χ1n) is 15.4. The predicted molar refractivity (Wildman–Crippen MR) is 151 cm³/mol. The lowest BCUT2D eigenvalue weighted by Crippen LogP contribution is -2.51. The van der Waals surface area contributed by atoms with Crippen LogP contribution < -0.4 is 10.6 Å². The molecule has 38 heavy (non-hydrogen) atoms. The number of likely N-dealkylation sites (N-methyl/N-ethyl adjacent to an activating group) is 1. The Kier molecular flexibility index (Phi) is 8.35. The molecule has 0 aromatic carbocycles. The molecule has 1 amide bonds. The van der Waals surface area contributed by atoms with Crippen LogP contribution in [-0.4, -0.2) is 61.8 Å². The molecule has 0 bridgehead atoms. The summed E-state index contributed by atoms with van der Waals surface area (Å²) >= 11 is 0. The topological polar surface area (TPSA) is 83.0 Å². The van der Waals surface area contributed by atoms with Crippen LogP contribution in [0, 0.1) is 34.5 Å². The van der Waals surface area contributed by atoms with Crippen LogP contribution in [0.15, 0.2) is 16.8 Å². The number of hydrogen-bond donors (Lipinski definition) is 2. The maximum Gasteiger partial charge on any atom is 0.436 e. The van der Waals surface area contributed by atoms with Gasteiger partial charge in [-0.1, -0.05) is 24.6 Å². The zero-order valence-electron chi connectivity index (χ0n) is 24.2. The van der Waals surface area contributed by atoms with Gasteiger partial charge in [-0.25, -0.2) is 4.79 Å². The molecule has 0 aromatic heterocycles. The van der Waals surface area contributed by atoms with E-state index in [2.05, 4.69) is 36.6 Å². The summed E-state index contributed by atoms with van der Waals surface area (Å²) in [6, 6.07) is 0.498. The van der Waals surface area contributed by atoms with Gasteiger partial charge in [0.2, 0.25) is 0 Å². The molecule has 5 aliphatic rings. The number of carbonyl (C=O) groups excluding carboxylic acids is 2. The Morgan fingerprint density at radius 3 is 2.74 bits per heavy atom. The molecule has 212 valence electrons. The van der Waals surface area contributed by atoms with Crippen molar-refractivity contribution in [1.82, 2.24) is 15.5 Å². The fraction of sp³-hybridized carbons (Fsp3) is 0.839. The van der Waals surface area contributed by atoms with Crippen molar-refractivity contribution >= 4 is 17.6 Å². The Balaban J connectivity index is 1.23. The van der Waals surface area contributed by atoms with E-state index in [1.54, 1.807) is 4.90 Å². The molecule has 4 aliphatic carbocycles. The van der Waals surface area contributed by atoms with E-state index >= 15 is 0 Å². The average Bonchev–Trinajstić information content (AvgIpc) is 3.55. The zero-order chi connectivity index (χ0) is 26.9. The predicted octanol–water partition coefficient (Wildman–Crippen LogP) is 5.31. The van der Waals surface area contributed by atoms with Crippen LogP contribution in [0.3, 0.4) is 0 Å². The summed E-state index contributed by atoms with van der Waals surface area (Å²) in [4.78, 5) is 32.6. The van der Waals surface area contributed by atoms with E-state index in [0.29, 0.717) is 49.1 Å². The minimum Gasteiger partial charge on any atom is -0.318 e. The first-order valence-corrected chi connectivity index (χ1v) is 15.4. The quantitative estimate of drug-likeness (QED) is 0.254. The standard InChI is InChI=1S/C31H50N4O3/c1-21(34-38-29(37)35(19-17-32-4)18-13-23-6-5-16-33-23)26-9-10-27-25-8-7-22-20-24(36)11-14-30(22,2)28(25)12-15-31(26,27)3/h20,23,25-28,32-33H,5-19H2,1-4H3/b34-21+/t23?,25-,26+,27-,28-,30-,31+/m0/s1.